The van der Waals surface area contributed by atoms with Gasteiger partial charge in [-0.25, -0.2) is 17.2 Å². The third-order valence-corrected chi connectivity index (χ3v) is 6.18. The van der Waals surface area contributed by atoms with Gasteiger partial charge in [-0.15, -0.1) is 11.8 Å². The van der Waals surface area contributed by atoms with Crippen molar-refractivity contribution in [3.8, 4) is 0 Å². The summed E-state index contributed by atoms with van der Waals surface area (Å²) in [4.78, 5) is 14.2. The minimum Gasteiger partial charge on any atom is -0.304 e. The maximum absolute atomic E-state index is 13.7. The number of halogens is 2. The van der Waals surface area contributed by atoms with Crippen LogP contribution in [0.15, 0.2) is 64.9 Å². The number of sulfone groups is 1. The molecule has 0 N–H and O–H groups in total. The zero-order chi connectivity index (χ0) is 18.7. The Morgan fingerprint density at radius 2 is 1.88 bits per heavy atom. The monoisotopic (exact) mass is 395 g/mol. The molecular formula is C18H15F2NO3S2. The van der Waals surface area contributed by atoms with E-state index in [0.29, 0.717) is 5.69 Å². The summed E-state index contributed by atoms with van der Waals surface area (Å²) in [5.74, 6) is -1.95. The molecule has 26 heavy (non-hydrogen) atoms. The molecule has 136 valence electrons. The lowest BCUT2D eigenvalue weighted by Gasteiger charge is -2.27. The highest BCUT2D eigenvalue weighted by molar-refractivity contribution is 8.00. The van der Waals surface area contributed by atoms with Crippen LogP contribution < -0.4 is 4.90 Å². The summed E-state index contributed by atoms with van der Waals surface area (Å²) in [6, 6.07) is 11.1. The van der Waals surface area contributed by atoms with Gasteiger partial charge in [0.1, 0.15) is 11.6 Å². The fraction of sp³-hybridized carbons (Fsp3) is 0.167. The van der Waals surface area contributed by atoms with Crippen molar-refractivity contribution in [1.82, 2.24) is 0 Å². The molecule has 0 saturated carbocycles. The summed E-state index contributed by atoms with van der Waals surface area (Å²) >= 11 is 0.871. The third kappa shape index (κ3) is 4.31. The molecule has 4 nitrogen and oxygen atoms in total. The Hall–Kier alpha value is -2.19. The second-order valence-corrected chi connectivity index (χ2v) is 8.64. The molecule has 0 radical (unpaired) electrons. The van der Waals surface area contributed by atoms with E-state index in [-0.39, 0.29) is 16.4 Å². The Bertz CT molecular complexity index is 946. The van der Waals surface area contributed by atoms with Gasteiger partial charge in [0.05, 0.1) is 17.5 Å². The zero-order valence-corrected chi connectivity index (χ0v) is 15.1. The lowest BCUT2D eigenvalue weighted by Crippen LogP contribution is -2.42. The smallest absolute Gasteiger partial charge is 0.237 e. The van der Waals surface area contributed by atoms with E-state index in [0.717, 1.165) is 35.4 Å². The average Bonchev–Trinajstić information content (AvgIpc) is 2.96. The molecule has 1 heterocycles. The van der Waals surface area contributed by atoms with E-state index in [1.54, 1.807) is 30.3 Å². The lowest BCUT2D eigenvalue weighted by atomic mass is 10.2. The SMILES string of the molecule is O=C(CSc1cc(F)ccc1F)N(c1ccccc1)[C@H]1C=CS(=O)(=O)C1. The van der Waals surface area contributed by atoms with Crippen LogP contribution in [-0.2, 0) is 14.6 Å². The topological polar surface area (TPSA) is 54.5 Å². The maximum Gasteiger partial charge on any atom is 0.237 e. The van der Waals surface area contributed by atoms with E-state index >= 15 is 0 Å². The molecule has 0 aliphatic carbocycles. The Morgan fingerprint density at radius 3 is 2.54 bits per heavy atom. The fourth-order valence-electron chi connectivity index (χ4n) is 2.63. The molecule has 0 unspecified atom stereocenters. The predicted octanol–water partition coefficient (Wildman–Crippen LogP) is 3.40. The van der Waals surface area contributed by atoms with Crippen LogP contribution in [0.5, 0.6) is 0 Å². The number of nitrogens with zero attached hydrogens (tertiary/aromatic N) is 1. The van der Waals surface area contributed by atoms with Gasteiger partial charge in [-0.1, -0.05) is 18.2 Å². The van der Waals surface area contributed by atoms with E-state index < -0.39 is 33.4 Å². The summed E-state index contributed by atoms with van der Waals surface area (Å²) in [6.07, 6.45) is 1.47. The number of carbonyl (C=O) groups is 1. The van der Waals surface area contributed by atoms with Crippen LogP contribution in [0.3, 0.4) is 0 Å². The molecule has 3 rings (SSSR count). The number of hydrogen-bond acceptors (Lipinski definition) is 4. The van der Waals surface area contributed by atoms with Gasteiger partial charge in [-0.3, -0.25) is 4.79 Å². The van der Waals surface area contributed by atoms with Crippen molar-refractivity contribution in [2.75, 3.05) is 16.4 Å². The number of carbonyl (C=O) groups excluding carboxylic acids is 1. The molecule has 1 aliphatic rings. The molecule has 1 aliphatic heterocycles. The predicted molar refractivity (Wildman–Crippen MR) is 97.7 cm³/mol. The van der Waals surface area contributed by atoms with E-state index in [1.807, 2.05) is 0 Å². The first kappa shape index (κ1) is 18.6. The van der Waals surface area contributed by atoms with Gasteiger partial charge < -0.3 is 4.90 Å². The average molecular weight is 395 g/mol. The first-order valence-corrected chi connectivity index (χ1v) is 10.4. The number of thioether (sulfide) groups is 1. The second-order valence-electron chi connectivity index (χ2n) is 5.69. The molecule has 1 atom stereocenters. The Balaban J connectivity index is 1.82. The van der Waals surface area contributed by atoms with Crippen molar-refractivity contribution < 1.29 is 22.0 Å². The minimum absolute atomic E-state index is 0.0287. The van der Waals surface area contributed by atoms with Crippen molar-refractivity contribution in [3.05, 3.63) is 71.6 Å². The molecule has 0 spiro atoms. The van der Waals surface area contributed by atoms with E-state index in [2.05, 4.69) is 0 Å². The summed E-state index contributed by atoms with van der Waals surface area (Å²) in [5.41, 5.74) is 0.546. The van der Waals surface area contributed by atoms with Crippen molar-refractivity contribution in [2.24, 2.45) is 0 Å². The van der Waals surface area contributed by atoms with E-state index in [1.165, 1.54) is 11.0 Å². The molecule has 8 heteroatoms. The van der Waals surface area contributed by atoms with Gasteiger partial charge in [0.25, 0.3) is 0 Å². The first-order valence-electron chi connectivity index (χ1n) is 7.72. The molecule has 1 amide bonds. The van der Waals surface area contributed by atoms with Crippen molar-refractivity contribution >= 4 is 33.2 Å². The largest absolute Gasteiger partial charge is 0.304 e. The highest BCUT2D eigenvalue weighted by Crippen LogP contribution is 2.27. The van der Waals surface area contributed by atoms with Crippen LogP contribution in [0.4, 0.5) is 14.5 Å². The van der Waals surface area contributed by atoms with Crippen LogP contribution in [0.1, 0.15) is 0 Å². The van der Waals surface area contributed by atoms with Gasteiger partial charge in [0.2, 0.25) is 5.91 Å². The van der Waals surface area contributed by atoms with Crippen LogP contribution in [0.25, 0.3) is 0 Å². The summed E-state index contributed by atoms with van der Waals surface area (Å²) in [6.45, 7) is 0. The third-order valence-electron chi connectivity index (χ3n) is 3.79. The van der Waals surface area contributed by atoms with Gasteiger partial charge in [0.15, 0.2) is 9.84 Å². The summed E-state index contributed by atoms with van der Waals surface area (Å²) < 4.78 is 50.5. The Morgan fingerprint density at radius 1 is 1.15 bits per heavy atom. The number of benzene rings is 2. The van der Waals surface area contributed by atoms with Crippen molar-refractivity contribution in [2.45, 2.75) is 10.9 Å². The van der Waals surface area contributed by atoms with Gasteiger partial charge >= 0.3 is 0 Å². The summed E-state index contributed by atoms with van der Waals surface area (Å²) in [5, 5.41) is 1.10. The molecule has 0 fully saturated rings. The quantitative estimate of drug-likeness (QED) is 0.728. The molecule has 0 bridgehead atoms. The number of hydrogen-bond donors (Lipinski definition) is 0. The standard InChI is InChI=1S/C18H15F2NO3S2/c19-13-6-7-16(20)17(10-13)25-11-18(22)21(14-4-2-1-3-5-14)15-8-9-26(23,24)12-15/h1-10,15H,11-12H2/t15-/m0/s1. The maximum atomic E-state index is 13.7. The van der Waals surface area contributed by atoms with Crippen LogP contribution in [-0.4, -0.2) is 31.9 Å². The number of para-hydroxylation sites is 1. The Labute approximate surface area is 154 Å². The normalized spacial score (nSPS) is 18.0. The van der Waals surface area contributed by atoms with E-state index in [4.69, 9.17) is 0 Å². The van der Waals surface area contributed by atoms with Crippen LogP contribution >= 0.6 is 11.8 Å². The van der Waals surface area contributed by atoms with Gasteiger partial charge in [0, 0.05) is 16.0 Å². The fourth-order valence-corrected chi connectivity index (χ4v) is 4.71. The highest BCUT2D eigenvalue weighted by atomic mass is 32.2. The second kappa shape index (κ2) is 7.59. The van der Waals surface area contributed by atoms with Gasteiger partial charge in [-0.2, -0.15) is 0 Å². The number of anilines is 1. The van der Waals surface area contributed by atoms with Crippen LogP contribution in [0, 0.1) is 11.6 Å². The number of amides is 1. The van der Waals surface area contributed by atoms with E-state index in [9.17, 15) is 22.0 Å². The summed E-state index contributed by atoms with van der Waals surface area (Å²) in [7, 11) is -3.35. The minimum atomic E-state index is -3.35. The molecule has 0 saturated heterocycles. The van der Waals surface area contributed by atoms with Crippen molar-refractivity contribution in [1.29, 1.82) is 0 Å². The van der Waals surface area contributed by atoms with Crippen molar-refractivity contribution in [3.63, 3.8) is 0 Å². The highest BCUT2D eigenvalue weighted by Gasteiger charge is 2.31. The van der Waals surface area contributed by atoms with Crippen LogP contribution in [0.2, 0.25) is 0 Å². The first-order chi connectivity index (χ1) is 12.4. The number of rotatable bonds is 5. The molecular weight excluding hydrogens is 380 g/mol. The lowest BCUT2D eigenvalue weighted by molar-refractivity contribution is -0.116. The Kier molecular flexibility index (Phi) is 5.43. The zero-order valence-electron chi connectivity index (χ0n) is 13.5. The molecule has 2 aromatic carbocycles. The molecule has 2 aromatic rings. The van der Waals surface area contributed by atoms with Gasteiger partial charge in [-0.05, 0) is 36.4 Å². The molecule has 0 aromatic heterocycles.